The summed E-state index contributed by atoms with van der Waals surface area (Å²) in [6, 6.07) is 4.94. The van der Waals surface area contributed by atoms with Gasteiger partial charge in [0.05, 0.1) is 24.0 Å². The van der Waals surface area contributed by atoms with Gasteiger partial charge in [0.25, 0.3) is 5.91 Å². The molecule has 1 aromatic rings. The number of carbonyl (C=O) groups is 5. The Balaban J connectivity index is 1.31. The van der Waals surface area contributed by atoms with Gasteiger partial charge < -0.3 is 14.8 Å². The minimum Gasteiger partial charge on any atom is -0.462 e. The van der Waals surface area contributed by atoms with Gasteiger partial charge in [0.2, 0.25) is 11.8 Å². The number of carbonyl (C=O) groups excluding carboxylic acids is 5. The summed E-state index contributed by atoms with van der Waals surface area (Å²) < 4.78 is 9.99. The molecule has 11 heteroatoms. The van der Waals surface area contributed by atoms with Crippen LogP contribution in [0.4, 0.5) is 5.69 Å². The molecule has 2 bridgehead atoms. The van der Waals surface area contributed by atoms with E-state index in [1.165, 1.54) is 31.2 Å². The number of halogens is 2. The predicted molar refractivity (Wildman–Crippen MR) is 127 cm³/mol. The SMILES string of the molecule is CCOC(=O)c1ccc(NC(=O)COC(=O)[C@H](C)N2C(=O)[C@@H]3[C@H]4C[C@@H]([C@@H](Br)[C@H]4Br)[C@H]3C2=O)cc1. The molecule has 3 amide bonds. The monoisotopic (exact) mass is 598 g/mol. The molecule has 4 rings (SSSR count). The Kier molecular flexibility index (Phi) is 7.14. The van der Waals surface area contributed by atoms with E-state index in [9.17, 15) is 24.0 Å². The van der Waals surface area contributed by atoms with Crippen molar-refractivity contribution in [1.82, 2.24) is 4.90 Å². The third-order valence-corrected chi connectivity index (χ3v) is 9.98. The van der Waals surface area contributed by atoms with Crippen LogP contribution in [0.3, 0.4) is 0 Å². The highest BCUT2D eigenvalue weighted by atomic mass is 79.9. The number of hydrogen-bond donors (Lipinski definition) is 1. The number of imide groups is 1. The van der Waals surface area contributed by atoms with Crippen molar-refractivity contribution in [1.29, 1.82) is 0 Å². The van der Waals surface area contributed by atoms with Crippen LogP contribution in [0.1, 0.15) is 30.6 Å². The number of alkyl halides is 2. The van der Waals surface area contributed by atoms with Gasteiger partial charge in [0, 0.05) is 15.3 Å². The molecular formula is C23H24Br2N2O7. The maximum Gasteiger partial charge on any atom is 0.338 e. The van der Waals surface area contributed by atoms with Crippen LogP contribution in [0.15, 0.2) is 24.3 Å². The van der Waals surface area contributed by atoms with Gasteiger partial charge in [-0.25, -0.2) is 9.59 Å². The molecule has 2 saturated carbocycles. The second kappa shape index (κ2) is 9.77. The third kappa shape index (κ3) is 4.28. The second-order valence-corrected chi connectivity index (χ2v) is 10.8. The minimum atomic E-state index is -1.12. The highest BCUT2D eigenvalue weighted by molar-refractivity contribution is 9.12. The summed E-state index contributed by atoms with van der Waals surface area (Å²) in [6.07, 6.45) is 0.798. The number of rotatable bonds is 7. The maximum atomic E-state index is 13.0. The van der Waals surface area contributed by atoms with Crippen molar-refractivity contribution in [2.45, 2.75) is 36.0 Å². The Morgan fingerprint density at radius 3 is 2.12 bits per heavy atom. The molecule has 3 fully saturated rings. The molecule has 9 nitrogen and oxygen atoms in total. The van der Waals surface area contributed by atoms with Crippen LogP contribution in [0.25, 0.3) is 0 Å². The molecule has 0 aromatic heterocycles. The molecule has 3 aliphatic rings. The molecule has 0 radical (unpaired) electrons. The van der Waals surface area contributed by atoms with E-state index in [1.54, 1.807) is 6.92 Å². The first-order valence-corrected chi connectivity index (χ1v) is 12.9. The van der Waals surface area contributed by atoms with Crippen molar-refractivity contribution in [3.63, 3.8) is 0 Å². The summed E-state index contributed by atoms with van der Waals surface area (Å²) in [7, 11) is 0. The van der Waals surface area contributed by atoms with Crippen molar-refractivity contribution < 1.29 is 33.4 Å². The topological polar surface area (TPSA) is 119 Å². The van der Waals surface area contributed by atoms with Crippen LogP contribution in [-0.2, 0) is 28.7 Å². The number of likely N-dealkylation sites (tertiary alicyclic amines) is 1. The average molecular weight is 600 g/mol. The Hall–Kier alpha value is -2.27. The number of fused-ring (bicyclic) bond motifs is 5. The van der Waals surface area contributed by atoms with Crippen molar-refractivity contribution in [3.8, 4) is 0 Å². The van der Waals surface area contributed by atoms with E-state index in [-0.39, 0.29) is 39.9 Å². The molecule has 1 heterocycles. The Morgan fingerprint density at radius 1 is 1.03 bits per heavy atom. The predicted octanol–water partition coefficient (Wildman–Crippen LogP) is 2.51. The zero-order valence-corrected chi connectivity index (χ0v) is 21.7. The van der Waals surface area contributed by atoms with Gasteiger partial charge in [-0.05, 0) is 56.4 Å². The van der Waals surface area contributed by atoms with E-state index in [0.29, 0.717) is 11.3 Å². The summed E-state index contributed by atoms with van der Waals surface area (Å²) in [4.78, 5) is 63.7. The Labute approximate surface area is 213 Å². The number of benzene rings is 1. The number of esters is 2. The fourth-order valence-corrected chi connectivity index (χ4v) is 7.09. The lowest BCUT2D eigenvalue weighted by molar-refractivity contribution is -0.159. The highest BCUT2D eigenvalue weighted by Gasteiger charge is 2.67. The summed E-state index contributed by atoms with van der Waals surface area (Å²) in [6.45, 7) is 2.82. The van der Waals surface area contributed by atoms with E-state index in [1.807, 2.05) is 0 Å². The van der Waals surface area contributed by atoms with Crippen LogP contribution >= 0.6 is 31.9 Å². The lowest BCUT2D eigenvalue weighted by Gasteiger charge is -2.28. The lowest BCUT2D eigenvalue weighted by Crippen LogP contribution is -2.45. The summed E-state index contributed by atoms with van der Waals surface area (Å²) in [5.41, 5.74) is 0.750. The molecule has 1 saturated heterocycles. The van der Waals surface area contributed by atoms with Crippen LogP contribution in [-0.4, -0.2) is 63.5 Å². The van der Waals surface area contributed by atoms with E-state index in [2.05, 4.69) is 37.2 Å². The van der Waals surface area contributed by atoms with Crippen molar-refractivity contribution in [2.75, 3.05) is 18.5 Å². The van der Waals surface area contributed by atoms with E-state index < -0.39 is 42.3 Å². The summed E-state index contributed by atoms with van der Waals surface area (Å²) in [5, 5.41) is 2.56. The molecule has 34 heavy (non-hydrogen) atoms. The molecule has 1 aromatic carbocycles. The Bertz CT molecular complexity index is 999. The van der Waals surface area contributed by atoms with Crippen molar-refractivity contribution >= 4 is 67.2 Å². The van der Waals surface area contributed by atoms with Crippen LogP contribution in [0.2, 0.25) is 0 Å². The van der Waals surface area contributed by atoms with Gasteiger partial charge in [0.15, 0.2) is 6.61 Å². The molecular weight excluding hydrogens is 576 g/mol. The zero-order valence-electron chi connectivity index (χ0n) is 18.5. The number of hydrogen-bond acceptors (Lipinski definition) is 7. The van der Waals surface area contributed by atoms with Crippen LogP contribution < -0.4 is 5.32 Å². The number of ether oxygens (including phenoxy) is 2. The largest absolute Gasteiger partial charge is 0.462 e. The van der Waals surface area contributed by atoms with Gasteiger partial charge in [0.1, 0.15) is 6.04 Å². The summed E-state index contributed by atoms with van der Waals surface area (Å²) in [5.74, 6) is -3.34. The zero-order chi connectivity index (χ0) is 24.7. The van der Waals surface area contributed by atoms with Crippen LogP contribution in [0.5, 0.6) is 0 Å². The van der Waals surface area contributed by atoms with E-state index >= 15 is 0 Å². The second-order valence-electron chi connectivity index (χ2n) is 8.68. The lowest BCUT2D eigenvalue weighted by atomic mass is 9.81. The van der Waals surface area contributed by atoms with Gasteiger partial charge in [-0.1, -0.05) is 31.9 Å². The van der Waals surface area contributed by atoms with E-state index in [4.69, 9.17) is 9.47 Å². The van der Waals surface area contributed by atoms with Crippen LogP contribution in [0, 0.1) is 23.7 Å². The fourth-order valence-electron chi connectivity index (χ4n) is 5.22. The molecule has 0 unspecified atom stereocenters. The molecule has 1 N–H and O–H groups in total. The first kappa shape index (κ1) is 24.8. The molecule has 1 aliphatic heterocycles. The number of amides is 3. The smallest absolute Gasteiger partial charge is 0.338 e. The molecule has 7 atom stereocenters. The molecule has 182 valence electrons. The van der Waals surface area contributed by atoms with Gasteiger partial charge in [-0.3, -0.25) is 19.3 Å². The first-order valence-electron chi connectivity index (χ1n) is 11.0. The normalized spacial score (nSPS) is 30.2. The summed E-state index contributed by atoms with van der Waals surface area (Å²) >= 11 is 7.26. The highest BCUT2D eigenvalue weighted by Crippen LogP contribution is 2.60. The maximum absolute atomic E-state index is 13.0. The fraction of sp³-hybridized carbons (Fsp3) is 0.522. The van der Waals surface area contributed by atoms with Gasteiger partial charge >= 0.3 is 11.9 Å². The van der Waals surface area contributed by atoms with E-state index in [0.717, 1.165) is 11.3 Å². The molecule has 0 spiro atoms. The van der Waals surface area contributed by atoms with Crippen molar-refractivity contribution in [2.24, 2.45) is 23.7 Å². The average Bonchev–Trinajstić information content (AvgIpc) is 3.42. The van der Waals surface area contributed by atoms with Crippen molar-refractivity contribution in [3.05, 3.63) is 29.8 Å². The number of nitrogens with one attached hydrogen (secondary N) is 1. The minimum absolute atomic E-state index is 0.0463. The third-order valence-electron chi connectivity index (χ3n) is 6.77. The number of anilines is 1. The quantitative estimate of drug-likeness (QED) is 0.290. The van der Waals surface area contributed by atoms with Gasteiger partial charge in [-0.2, -0.15) is 0 Å². The molecule has 2 aliphatic carbocycles. The number of nitrogens with zero attached hydrogens (tertiary/aromatic N) is 1. The van der Waals surface area contributed by atoms with Gasteiger partial charge in [-0.15, -0.1) is 0 Å². The Morgan fingerprint density at radius 2 is 1.59 bits per heavy atom. The first-order chi connectivity index (χ1) is 16.1. The standard InChI is InChI=1S/C23H24Br2N2O7/c1-3-33-23(32)11-4-6-12(7-5-11)26-15(28)9-34-22(31)10(2)27-20(29)16-13-8-14(17(16)21(27)30)19(25)18(13)24/h4-7,10,13-14,16-19H,3,8-9H2,1-2H3,(H,26,28)/t10-,13+,14+,16+,17+,18-,19+/m0/s1.